The molecule has 2 rings (SSSR count). The van der Waals surface area contributed by atoms with Crippen molar-refractivity contribution in [2.24, 2.45) is 5.73 Å². The first-order valence-electron chi connectivity index (χ1n) is 3.79. The second kappa shape index (κ2) is 2.26. The van der Waals surface area contributed by atoms with E-state index in [1.54, 1.807) is 0 Å². The lowest BCUT2D eigenvalue weighted by Gasteiger charge is -2.08. The fourth-order valence-corrected chi connectivity index (χ4v) is 1.46. The van der Waals surface area contributed by atoms with Gasteiger partial charge in [-0.15, -0.1) is 12.6 Å². The van der Waals surface area contributed by atoms with Crippen molar-refractivity contribution in [3.63, 3.8) is 0 Å². The maximum absolute atomic E-state index is 6.00. The molecule has 1 fully saturated rings. The quantitative estimate of drug-likeness (QED) is 0.611. The third kappa shape index (κ3) is 1.28. The first-order valence-corrected chi connectivity index (χ1v) is 4.24. The third-order valence-corrected chi connectivity index (χ3v) is 2.49. The molecule has 0 heterocycles. The van der Waals surface area contributed by atoms with Crippen LogP contribution < -0.4 is 5.73 Å². The summed E-state index contributed by atoms with van der Waals surface area (Å²) in [5.41, 5.74) is 7.21. The Labute approximate surface area is 72.0 Å². The van der Waals surface area contributed by atoms with Gasteiger partial charge in [0.25, 0.3) is 0 Å². The first kappa shape index (κ1) is 7.19. The predicted octanol–water partition coefficient (Wildman–Crippen LogP) is 1.92. The highest BCUT2D eigenvalue weighted by Crippen LogP contribution is 2.42. The van der Waals surface area contributed by atoms with Crippen molar-refractivity contribution in [2.75, 3.05) is 0 Å². The van der Waals surface area contributed by atoms with Crippen molar-refractivity contribution in [3.8, 4) is 0 Å². The van der Waals surface area contributed by atoms with E-state index in [4.69, 9.17) is 5.73 Å². The van der Waals surface area contributed by atoms with Gasteiger partial charge in [-0.25, -0.2) is 0 Å². The highest BCUT2D eigenvalue weighted by molar-refractivity contribution is 7.80. The van der Waals surface area contributed by atoms with E-state index < -0.39 is 0 Å². The molecular weight excluding hydrogens is 154 g/mol. The van der Waals surface area contributed by atoms with Gasteiger partial charge in [0.05, 0.1) is 0 Å². The molecule has 0 atom stereocenters. The van der Waals surface area contributed by atoms with Crippen molar-refractivity contribution in [2.45, 2.75) is 23.3 Å². The van der Waals surface area contributed by atoms with Crippen LogP contribution in [0.15, 0.2) is 29.2 Å². The Balaban J connectivity index is 2.38. The number of thiol groups is 1. The summed E-state index contributed by atoms with van der Waals surface area (Å²) >= 11 is 4.26. The number of benzene rings is 1. The first-order chi connectivity index (χ1) is 5.21. The van der Waals surface area contributed by atoms with Gasteiger partial charge < -0.3 is 5.73 Å². The third-order valence-electron chi connectivity index (χ3n) is 2.21. The van der Waals surface area contributed by atoms with Crippen LogP contribution in [0.3, 0.4) is 0 Å². The van der Waals surface area contributed by atoms with E-state index in [2.05, 4.69) is 24.8 Å². The predicted molar refractivity (Wildman–Crippen MR) is 48.8 cm³/mol. The van der Waals surface area contributed by atoms with Crippen molar-refractivity contribution in [1.82, 2.24) is 0 Å². The molecule has 2 N–H and O–H groups in total. The molecule has 0 radical (unpaired) electrons. The van der Waals surface area contributed by atoms with Crippen LogP contribution in [0.25, 0.3) is 0 Å². The number of nitrogens with two attached hydrogens (primary N) is 1. The molecule has 0 spiro atoms. The summed E-state index contributed by atoms with van der Waals surface area (Å²) in [6, 6.07) is 8.10. The van der Waals surface area contributed by atoms with Crippen LogP contribution in [0.5, 0.6) is 0 Å². The van der Waals surface area contributed by atoms with E-state index in [1.165, 1.54) is 5.56 Å². The van der Waals surface area contributed by atoms with Gasteiger partial charge in [-0.05, 0) is 30.5 Å². The van der Waals surface area contributed by atoms with E-state index in [0.29, 0.717) is 0 Å². The molecule has 1 aromatic rings. The second-order valence-corrected chi connectivity index (χ2v) is 3.72. The average molecular weight is 165 g/mol. The van der Waals surface area contributed by atoms with Crippen LogP contribution in [0.2, 0.25) is 0 Å². The Hall–Kier alpha value is -0.470. The summed E-state index contributed by atoms with van der Waals surface area (Å²) in [5, 5.41) is 0. The highest BCUT2D eigenvalue weighted by Gasteiger charge is 2.39. The van der Waals surface area contributed by atoms with Gasteiger partial charge in [-0.2, -0.15) is 0 Å². The minimum absolute atomic E-state index is 0.0151. The zero-order valence-corrected chi connectivity index (χ0v) is 7.14. The summed E-state index contributed by atoms with van der Waals surface area (Å²) < 4.78 is 0. The van der Waals surface area contributed by atoms with E-state index in [0.717, 1.165) is 17.7 Å². The van der Waals surface area contributed by atoms with Crippen molar-refractivity contribution in [3.05, 3.63) is 29.8 Å². The van der Waals surface area contributed by atoms with Crippen LogP contribution in [0, 0.1) is 0 Å². The Morgan fingerprint density at radius 1 is 1.36 bits per heavy atom. The largest absolute Gasteiger partial charge is 0.321 e. The fourth-order valence-electron chi connectivity index (χ4n) is 1.24. The van der Waals surface area contributed by atoms with Gasteiger partial charge in [0.15, 0.2) is 0 Å². The number of rotatable bonds is 1. The Bertz CT molecular complexity index is 279. The lowest BCUT2D eigenvalue weighted by atomic mass is 10.1. The molecule has 0 aromatic heterocycles. The molecule has 1 saturated carbocycles. The van der Waals surface area contributed by atoms with Gasteiger partial charge in [-0.3, -0.25) is 0 Å². The summed E-state index contributed by atoms with van der Waals surface area (Å²) in [4.78, 5) is 0.999. The monoisotopic (exact) mass is 165 g/mol. The Kier molecular flexibility index (Phi) is 1.48. The van der Waals surface area contributed by atoms with Crippen molar-refractivity contribution in [1.29, 1.82) is 0 Å². The normalized spacial score (nSPS) is 19.8. The van der Waals surface area contributed by atoms with E-state index in [9.17, 15) is 0 Å². The average Bonchev–Trinajstić information content (AvgIpc) is 2.70. The number of hydrogen-bond donors (Lipinski definition) is 2. The lowest BCUT2D eigenvalue weighted by Crippen LogP contribution is -2.18. The molecule has 1 aliphatic carbocycles. The maximum Gasteiger partial charge on any atom is 0.0411 e. The Morgan fingerprint density at radius 3 is 2.64 bits per heavy atom. The summed E-state index contributed by atoms with van der Waals surface area (Å²) in [6.07, 6.45) is 2.23. The second-order valence-electron chi connectivity index (χ2n) is 3.21. The fraction of sp³-hybridized carbons (Fsp3) is 0.333. The van der Waals surface area contributed by atoms with Gasteiger partial charge in [0.1, 0.15) is 0 Å². The molecule has 0 bridgehead atoms. The van der Waals surface area contributed by atoms with Gasteiger partial charge in [-0.1, -0.05) is 12.1 Å². The van der Waals surface area contributed by atoms with Crippen LogP contribution in [0.1, 0.15) is 18.4 Å². The van der Waals surface area contributed by atoms with E-state index >= 15 is 0 Å². The van der Waals surface area contributed by atoms with Gasteiger partial charge >= 0.3 is 0 Å². The minimum atomic E-state index is -0.0151. The molecule has 58 valence electrons. The van der Waals surface area contributed by atoms with Crippen molar-refractivity contribution >= 4 is 12.6 Å². The smallest absolute Gasteiger partial charge is 0.0411 e. The SMILES string of the molecule is NC1(c2cccc(S)c2)CC1. The molecule has 0 aliphatic heterocycles. The van der Waals surface area contributed by atoms with Crippen LogP contribution in [0.4, 0.5) is 0 Å². The minimum Gasteiger partial charge on any atom is -0.321 e. The van der Waals surface area contributed by atoms with E-state index in [-0.39, 0.29) is 5.54 Å². The Morgan fingerprint density at radius 2 is 2.09 bits per heavy atom. The molecule has 1 aromatic carbocycles. The van der Waals surface area contributed by atoms with Crippen molar-refractivity contribution < 1.29 is 0 Å². The van der Waals surface area contributed by atoms with Crippen LogP contribution in [-0.4, -0.2) is 0 Å². The van der Waals surface area contributed by atoms with Crippen LogP contribution >= 0.6 is 12.6 Å². The van der Waals surface area contributed by atoms with Crippen LogP contribution in [-0.2, 0) is 5.54 Å². The lowest BCUT2D eigenvalue weighted by molar-refractivity contribution is 0.737. The molecule has 0 unspecified atom stereocenters. The highest BCUT2D eigenvalue weighted by atomic mass is 32.1. The zero-order chi connectivity index (χ0) is 7.90. The summed E-state index contributed by atoms with van der Waals surface area (Å²) in [7, 11) is 0. The van der Waals surface area contributed by atoms with Gasteiger partial charge in [0.2, 0.25) is 0 Å². The molecule has 11 heavy (non-hydrogen) atoms. The molecule has 1 aliphatic rings. The van der Waals surface area contributed by atoms with Gasteiger partial charge in [0, 0.05) is 10.4 Å². The molecule has 0 saturated heterocycles. The molecule has 2 heteroatoms. The molecule has 0 amide bonds. The summed E-state index contributed by atoms with van der Waals surface area (Å²) in [6.45, 7) is 0. The maximum atomic E-state index is 6.00. The zero-order valence-electron chi connectivity index (χ0n) is 6.25. The standard InChI is InChI=1S/C9H11NS/c10-9(4-5-9)7-2-1-3-8(11)6-7/h1-3,6,11H,4-5,10H2. The molecule has 1 nitrogen and oxygen atoms in total. The summed E-state index contributed by atoms with van der Waals surface area (Å²) in [5.74, 6) is 0. The molecular formula is C9H11NS. The topological polar surface area (TPSA) is 26.0 Å². The number of hydrogen-bond acceptors (Lipinski definition) is 2. The van der Waals surface area contributed by atoms with E-state index in [1.807, 2.05) is 12.1 Å².